The lowest BCUT2D eigenvalue weighted by Crippen LogP contribution is -2.15. The summed E-state index contributed by atoms with van der Waals surface area (Å²) in [6.07, 6.45) is 0. The average molecular weight is 391 g/mol. The van der Waals surface area contributed by atoms with E-state index in [4.69, 9.17) is 23.2 Å². The van der Waals surface area contributed by atoms with Crippen molar-refractivity contribution >= 4 is 46.3 Å². The summed E-state index contributed by atoms with van der Waals surface area (Å²) in [5.74, 6) is -0.0641. The highest BCUT2D eigenvalue weighted by Gasteiger charge is 2.12. The van der Waals surface area contributed by atoms with Crippen LogP contribution in [-0.4, -0.2) is 15.9 Å². The van der Waals surface area contributed by atoms with Gasteiger partial charge >= 0.3 is 0 Å². The van der Waals surface area contributed by atoms with Crippen molar-refractivity contribution in [3.05, 3.63) is 75.9 Å². The maximum Gasteiger partial charge on any atom is 0.274 e. The van der Waals surface area contributed by atoms with Crippen LogP contribution in [0, 0.1) is 12.7 Å². The van der Waals surface area contributed by atoms with Crippen molar-refractivity contribution < 1.29 is 9.18 Å². The molecule has 0 saturated heterocycles. The highest BCUT2D eigenvalue weighted by Crippen LogP contribution is 2.23. The third-order valence-corrected chi connectivity index (χ3v) is 3.72. The number of carbonyl (C=O) groups is 1. The number of hydrogen-bond acceptors (Lipinski definition) is 4. The maximum atomic E-state index is 13.3. The molecule has 0 unspecified atom stereocenters. The second-order valence-electron chi connectivity index (χ2n) is 5.43. The van der Waals surface area contributed by atoms with E-state index in [9.17, 15) is 9.18 Å². The molecule has 1 heterocycles. The van der Waals surface area contributed by atoms with E-state index in [1.165, 1.54) is 18.2 Å². The number of benzene rings is 2. The Bertz CT molecular complexity index is 961. The Kier molecular flexibility index (Phi) is 5.35. The van der Waals surface area contributed by atoms with Gasteiger partial charge in [0.25, 0.3) is 5.91 Å². The molecule has 1 aromatic heterocycles. The SMILES string of the molecule is Cc1nc(Nc2cccc(F)c2)cc(C(=O)Nc2cc(Cl)cc(Cl)c2)n1. The molecule has 3 rings (SSSR count). The summed E-state index contributed by atoms with van der Waals surface area (Å²) < 4.78 is 13.3. The lowest BCUT2D eigenvalue weighted by molar-refractivity contribution is 0.102. The van der Waals surface area contributed by atoms with E-state index in [1.54, 1.807) is 37.3 Å². The first-order valence-corrected chi connectivity index (χ1v) is 8.30. The second kappa shape index (κ2) is 7.68. The van der Waals surface area contributed by atoms with Gasteiger partial charge in [-0.05, 0) is 43.3 Å². The van der Waals surface area contributed by atoms with Crippen molar-refractivity contribution in [3.63, 3.8) is 0 Å². The molecule has 0 atom stereocenters. The number of aromatic nitrogens is 2. The van der Waals surface area contributed by atoms with Crippen LogP contribution in [-0.2, 0) is 0 Å². The van der Waals surface area contributed by atoms with Crippen LogP contribution in [0.2, 0.25) is 10.0 Å². The Morgan fingerprint density at radius 1 is 1.00 bits per heavy atom. The van der Waals surface area contributed by atoms with Crippen LogP contribution in [0.3, 0.4) is 0 Å². The fourth-order valence-corrected chi connectivity index (χ4v) is 2.81. The summed E-state index contributed by atoms with van der Waals surface area (Å²) >= 11 is 11.9. The Balaban J connectivity index is 1.83. The fraction of sp³-hybridized carbons (Fsp3) is 0.0556. The van der Waals surface area contributed by atoms with Crippen molar-refractivity contribution in [1.82, 2.24) is 9.97 Å². The van der Waals surface area contributed by atoms with Gasteiger partial charge in [0.15, 0.2) is 0 Å². The van der Waals surface area contributed by atoms with Crippen LogP contribution in [0.5, 0.6) is 0 Å². The number of carbonyl (C=O) groups excluding carboxylic acids is 1. The van der Waals surface area contributed by atoms with E-state index in [0.29, 0.717) is 33.1 Å². The van der Waals surface area contributed by atoms with Crippen LogP contribution in [0.1, 0.15) is 16.3 Å². The van der Waals surface area contributed by atoms with Gasteiger partial charge in [-0.1, -0.05) is 29.3 Å². The topological polar surface area (TPSA) is 66.9 Å². The molecule has 132 valence electrons. The van der Waals surface area contributed by atoms with E-state index in [2.05, 4.69) is 20.6 Å². The van der Waals surface area contributed by atoms with Crippen LogP contribution >= 0.6 is 23.2 Å². The number of nitrogens with zero attached hydrogens (tertiary/aromatic N) is 2. The van der Waals surface area contributed by atoms with Crippen molar-refractivity contribution in [2.45, 2.75) is 6.92 Å². The van der Waals surface area contributed by atoms with Crippen molar-refractivity contribution in [2.24, 2.45) is 0 Å². The Morgan fingerprint density at radius 3 is 2.42 bits per heavy atom. The monoisotopic (exact) mass is 390 g/mol. The molecule has 0 radical (unpaired) electrons. The first kappa shape index (κ1) is 18.1. The highest BCUT2D eigenvalue weighted by molar-refractivity contribution is 6.35. The van der Waals surface area contributed by atoms with Crippen molar-refractivity contribution in [3.8, 4) is 0 Å². The molecule has 0 aliphatic heterocycles. The maximum absolute atomic E-state index is 13.3. The van der Waals surface area contributed by atoms with Gasteiger partial charge in [0.2, 0.25) is 0 Å². The van der Waals surface area contributed by atoms with Crippen molar-refractivity contribution in [2.75, 3.05) is 10.6 Å². The van der Waals surface area contributed by atoms with E-state index in [-0.39, 0.29) is 11.5 Å². The Hall–Kier alpha value is -2.70. The molecule has 2 N–H and O–H groups in total. The second-order valence-corrected chi connectivity index (χ2v) is 6.31. The first-order valence-electron chi connectivity index (χ1n) is 7.55. The van der Waals surface area contributed by atoms with Gasteiger partial charge in [0.05, 0.1) is 0 Å². The van der Waals surface area contributed by atoms with E-state index >= 15 is 0 Å². The molecule has 26 heavy (non-hydrogen) atoms. The molecule has 0 aliphatic rings. The molecule has 0 saturated carbocycles. The molecular weight excluding hydrogens is 378 g/mol. The van der Waals surface area contributed by atoms with Crippen LogP contribution < -0.4 is 10.6 Å². The molecule has 8 heteroatoms. The van der Waals surface area contributed by atoms with Crippen molar-refractivity contribution in [1.29, 1.82) is 0 Å². The van der Waals surface area contributed by atoms with Gasteiger partial charge in [0.1, 0.15) is 23.2 Å². The standard InChI is InChI=1S/C18H13Cl2FN4O/c1-10-22-16(18(26)25-15-6-11(19)5-12(20)7-15)9-17(23-10)24-14-4-2-3-13(21)8-14/h2-9H,1H3,(H,25,26)(H,22,23,24). The summed E-state index contributed by atoms with van der Waals surface area (Å²) in [5.41, 5.74) is 1.10. The minimum absolute atomic E-state index is 0.146. The number of aryl methyl sites for hydroxylation is 1. The molecule has 0 spiro atoms. The molecule has 3 aromatic rings. The summed E-state index contributed by atoms with van der Waals surface area (Å²) in [7, 11) is 0. The average Bonchev–Trinajstić information content (AvgIpc) is 2.53. The fourth-order valence-electron chi connectivity index (χ4n) is 2.28. The van der Waals surface area contributed by atoms with Crippen LogP contribution in [0.4, 0.5) is 21.6 Å². The Labute approximate surface area is 159 Å². The van der Waals surface area contributed by atoms with Crippen LogP contribution in [0.15, 0.2) is 48.5 Å². The minimum Gasteiger partial charge on any atom is -0.340 e. The van der Waals surface area contributed by atoms with Gasteiger partial charge in [-0.25, -0.2) is 14.4 Å². The molecule has 1 amide bonds. The number of anilines is 3. The summed E-state index contributed by atoms with van der Waals surface area (Å²) in [5, 5.41) is 6.44. The quantitative estimate of drug-likeness (QED) is 0.640. The summed E-state index contributed by atoms with van der Waals surface area (Å²) in [6.45, 7) is 1.66. The van der Waals surface area contributed by atoms with Crippen LogP contribution in [0.25, 0.3) is 0 Å². The third-order valence-electron chi connectivity index (χ3n) is 3.29. The van der Waals surface area contributed by atoms with Gasteiger partial charge < -0.3 is 10.6 Å². The Morgan fingerprint density at radius 2 is 1.73 bits per heavy atom. The summed E-state index contributed by atoms with van der Waals surface area (Å²) in [4.78, 5) is 20.8. The summed E-state index contributed by atoms with van der Waals surface area (Å²) in [6, 6.07) is 12.1. The molecule has 0 bridgehead atoms. The number of amides is 1. The first-order chi connectivity index (χ1) is 12.4. The predicted octanol–water partition coefficient (Wildman–Crippen LogP) is 5.23. The van der Waals surface area contributed by atoms with E-state index in [0.717, 1.165) is 0 Å². The smallest absolute Gasteiger partial charge is 0.274 e. The third kappa shape index (κ3) is 4.68. The number of halogens is 3. The number of hydrogen-bond donors (Lipinski definition) is 2. The zero-order valence-electron chi connectivity index (χ0n) is 13.6. The number of nitrogens with one attached hydrogen (secondary N) is 2. The van der Waals surface area contributed by atoms with Gasteiger partial charge in [-0.2, -0.15) is 0 Å². The molecule has 0 aliphatic carbocycles. The number of rotatable bonds is 4. The zero-order chi connectivity index (χ0) is 18.7. The molecular formula is C18H13Cl2FN4O. The van der Waals surface area contributed by atoms with E-state index in [1.807, 2.05) is 0 Å². The molecule has 5 nitrogen and oxygen atoms in total. The van der Waals surface area contributed by atoms with E-state index < -0.39 is 5.91 Å². The lowest BCUT2D eigenvalue weighted by atomic mass is 10.2. The highest BCUT2D eigenvalue weighted by atomic mass is 35.5. The lowest BCUT2D eigenvalue weighted by Gasteiger charge is -2.10. The van der Waals surface area contributed by atoms with Gasteiger partial charge in [0, 0.05) is 27.5 Å². The zero-order valence-corrected chi connectivity index (χ0v) is 15.1. The minimum atomic E-state index is -0.448. The van der Waals surface area contributed by atoms with Gasteiger partial charge in [-0.15, -0.1) is 0 Å². The molecule has 2 aromatic carbocycles. The largest absolute Gasteiger partial charge is 0.340 e. The predicted molar refractivity (Wildman–Crippen MR) is 101 cm³/mol. The molecule has 0 fully saturated rings. The van der Waals surface area contributed by atoms with Gasteiger partial charge in [-0.3, -0.25) is 4.79 Å². The normalized spacial score (nSPS) is 10.5.